The number of aliphatic hydroxyl groups is 2. The zero-order chi connectivity index (χ0) is 36.4. The molecule has 0 spiro atoms. The highest BCUT2D eigenvalue weighted by atomic mass is 16.3. The van der Waals surface area contributed by atoms with E-state index >= 15 is 0 Å². The SMILES string of the molecule is CCCC/C=C/CC/C=C/C(O)C(CO)NC(=O)CCCCCCCCCCCCCCCCCCCCCCCCCCCCCCCC. The van der Waals surface area contributed by atoms with Crippen LogP contribution in [0.25, 0.3) is 0 Å². The predicted molar refractivity (Wildman–Crippen MR) is 221 cm³/mol. The normalized spacial score (nSPS) is 13.1. The van der Waals surface area contributed by atoms with Crippen molar-refractivity contribution in [2.24, 2.45) is 0 Å². The summed E-state index contributed by atoms with van der Waals surface area (Å²) < 4.78 is 0. The van der Waals surface area contributed by atoms with E-state index in [9.17, 15) is 15.0 Å². The Morgan fingerprint density at radius 1 is 0.460 bits per heavy atom. The molecule has 0 saturated heterocycles. The molecule has 0 saturated carbocycles. The maximum atomic E-state index is 12.3. The third kappa shape index (κ3) is 38.1. The van der Waals surface area contributed by atoms with Crippen LogP contribution in [0.5, 0.6) is 0 Å². The maximum Gasteiger partial charge on any atom is 0.220 e. The Morgan fingerprint density at radius 3 is 1.14 bits per heavy atom. The van der Waals surface area contributed by atoms with Crippen LogP contribution in [0.15, 0.2) is 24.3 Å². The molecule has 2 atom stereocenters. The molecule has 0 aromatic rings. The van der Waals surface area contributed by atoms with Crippen molar-refractivity contribution in [3.05, 3.63) is 24.3 Å². The molecule has 0 bridgehead atoms. The van der Waals surface area contributed by atoms with Crippen LogP contribution in [0.1, 0.15) is 245 Å². The van der Waals surface area contributed by atoms with Crippen molar-refractivity contribution >= 4 is 5.91 Å². The Bertz CT molecular complexity index is 720. The average Bonchev–Trinajstić information content (AvgIpc) is 3.12. The fourth-order valence-electron chi connectivity index (χ4n) is 6.95. The van der Waals surface area contributed by atoms with Crippen LogP contribution in [0, 0.1) is 0 Å². The summed E-state index contributed by atoms with van der Waals surface area (Å²) in [6.45, 7) is 4.24. The number of hydrogen-bond donors (Lipinski definition) is 3. The Labute approximate surface area is 313 Å². The quantitative estimate of drug-likeness (QED) is 0.0438. The van der Waals surface area contributed by atoms with E-state index in [0.29, 0.717) is 6.42 Å². The number of hydrogen-bond acceptors (Lipinski definition) is 3. The van der Waals surface area contributed by atoms with Gasteiger partial charge in [0.15, 0.2) is 0 Å². The van der Waals surface area contributed by atoms with Gasteiger partial charge in [-0.3, -0.25) is 4.79 Å². The smallest absolute Gasteiger partial charge is 0.220 e. The molecule has 50 heavy (non-hydrogen) atoms. The molecule has 2 unspecified atom stereocenters. The van der Waals surface area contributed by atoms with Gasteiger partial charge in [-0.25, -0.2) is 0 Å². The van der Waals surface area contributed by atoms with Gasteiger partial charge in [-0.1, -0.05) is 237 Å². The molecule has 0 rings (SSSR count). The van der Waals surface area contributed by atoms with Crippen LogP contribution in [0.3, 0.4) is 0 Å². The van der Waals surface area contributed by atoms with Crippen molar-refractivity contribution < 1.29 is 15.0 Å². The second kappa shape index (κ2) is 42.3. The molecular formula is C46H89NO3. The number of allylic oxidation sites excluding steroid dienone is 3. The lowest BCUT2D eigenvalue weighted by atomic mass is 10.0. The summed E-state index contributed by atoms with van der Waals surface area (Å²) in [4.78, 5) is 12.3. The number of aliphatic hydroxyl groups excluding tert-OH is 2. The lowest BCUT2D eigenvalue weighted by molar-refractivity contribution is -0.123. The van der Waals surface area contributed by atoms with Gasteiger partial charge in [0.1, 0.15) is 0 Å². The summed E-state index contributed by atoms with van der Waals surface area (Å²) in [6, 6.07) is -0.632. The van der Waals surface area contributed by atoms with Crippen molar-refractivity contribution in [3.63, 3.8) is 0 Å². The Hall–Kier alpha value is -1.13. The van der Waals surface area contributed by atoms with Crippen LogP contribution < -0.4 is 5.32 Å². The molecule has 296 valence electrons. The molecule has 0 radical (unpaired) electrons. The summed E-state index contributed by atoms with van der Waals surface area (Å²) >= 11 is 0. The molecule has 0 aromatic heterocycles. The third-order valence-corrected chi connectivity index (χ3v) is 10.4. The number of unbranched alkanes of at least 4 members (excludes halogenated alkanes) is 32. The maximum absolute atomic E-state index is 12.3. The monoisotopic (exact) mass is 704 g/mol. The summed E-state index contributed by atoms with van der Waals surface area (Å²) in [5.41, 5.74) is 0. The lowest BCUT2D eigenvalue weighted by Gasteiger charge is -2.19. The summed E-state index contributed by atoms with van der Waals surface area (Å²) in [5.74, 6) is -0.0735. The molecule has 0 aliphatic rings. The highest BCUT2D eigenvalue weighted by Crippen LogP contribution is 2.17. The van der Waals surface area contributed by atoms with Crippen LogP contribution >= 0.6 is 0 Å². The molecule has 3 N–H and O–H groups in total. The number of carbonyl (C=O) groups excluding carboxylic acids is 1. The third-order valence-electron chi connectivity index (χ3n) is 10.4. The van der Waals surface area contributed by atoms with Crippen molar-refractivity contribution in [3.8, 4) is 0 Å². The first kappa shape index (κ1) is 48.9. The molecule has 0 aliphatic heterocycles. The zero-order valence-corrected chi connectivity index (χ0v) is 33.9. The molecule has 4 nitrogen and oxygen atoms in total. The summed E-state index contributed by atoms with van der Waals surface area (Å²) in [7, 11) is 0. The second-order valence-corrected chi connectivity index (χ2v) is 15.5. The van der Waals surface area contributed by atoms with Gasteiger partial charge in [0.05, 0.1) is 18.8 Å². The largest absolute Gasteiger partial charge is 0.394 e. The molecule has 4 heteroatoms. The minimum absolute atomic E-state index is 0.0735. The number of amides is 1. The van der Waals surface area contributed by atoms with Gasteiger partial charge in [0.2, 0.25) is 5.91 Å². The lowest BCUT2D eigenvalue weighted by Crippen LogP contribution is -2.45. The van der Waals surface area contributed by atoms with Crippen molar-refractivity contribution in [2.45, 2.75) is 257 Å². The first-order valence-corrected chi connectivity index (χ1v) is 22.6. The van der Waals surface area contributed by atoms with Gasteiger partial charge in [-0.2, -0.15) is 0 Å². The van der Waals surface area contributed by atoms with E-state index in [4.69, 9.17) is 0 Å². The first-order valence-electron chi connectivity index (χ1n) is 22.6. The minimum Gasteiger partial charge on any atom is -0.394 e. The standard InChI is InChI=1S/C46H89NO3/c1-3-5-7-9-11-13-14-15-16-17-18-19-20-21-22-23-24-25-26-27-28-29-30-31-32-33-34-36-38-40-42-46(50)47-44(43-48)45(49)41-39-37-35-12-10-8-6-4-2/h10,12,39,41,44-45,48-49H,3-9,11,13-38,40,42-43H2,1-2H3,(H,47,50)/b12-10+,41-39+. The fourth-order valence-corrected chi connectivity index (χ4v) is 6.95. The van der Waals surface area contributed by atoms with Crippen molar-refractivity contribution in [1.29, 1.82) is 0 Å². The van der Waals surface area contributed by atoms with E-state index in [1.54, 1.807) is 6.08 Å². The predicted octanol–water partition coefficient (Wildman–Crippen LogP) is 14.0. The van der Waals surface area contributed by atoms with Crippen LogP contribution in [-0.4, -0.2) is 34.9 Å². The van der Waals surface area contributed by atoms with Crippen molar-refractivity contribution in [2.75, 3.05) is 6.61 Å². The van der Waals surface area contributed by atoms with E-state index in [2.05, 4.69) is 31.3 Å². The Kier molecular flexibility index (Phi) is 41.3. The number of rotatable bonds is 41. The van der Waals surface area contributed by atoms with Gasteiger partial charge >= 0.3 is 0 Å². The van der Waals surface area contributed by atoms with E-state index in [-0.39, 0.29) is 12.5 Å². The molecular weight excluding hydrogens is 615 g/mol. The molecule has 0 heterocycles. The van der Waals surface area contributed by atoms with E-state index in [1.165, 1.54) is 193 Å². The highest BCUT2D eigenvalue weighted by molar-refractivity contribution is 5.76. The van der Waals surface area contributed by atoms with Gasteiger partial charge in [-0.05, 0) is 25.7 Å². The Morgan fingerprint density at radius 2 is 0.780 bits per heavy atom. The van der Waals surface area contributed by atoms with Gasteiger partial charge in [-0.15, -0.1) is 0 Å². The molecule has 0 aromatic carbocycles. The van der Waals surface area contributed by atoms with E-state index in [0.717, 1.165) is 32.1 Å². The molecule has 1 amide bonds. The fraction of sp³-hybridized carbons (Fsp3) is 0.891. The minimum atomic E-state index is -0.855. The summed E-state index contributed by atoms with van der Waals surface area (Å²) in [6.07, 6.45) is 54.7. The van der Waals surface area contributed by atoms with Gasteiger partial charge in [0, 0.05) is 6.42 Å². The highest BCUT2D eigenvalue weighted by Gasteiger charge is 2.17. The molecule has 0 fully saturated rings. The summed E-state index contributed by atoms with van der Waals surface area (Å²) in [5, 5.41) is 22.8. The van der Waals surface area contributed by atoms with Gasteiger partial charge < -0.3 is 15.5 Å². The van der Waals surface area contributed by atoms with Crippen LogP contribution in [-0.2, 0) is 4.79 Å². The molecule has 0 aliphatic carbocycles. The van der Waals surface area contributed by atoms with E-state index < -0.39 is 12.1 Å². The number of carbonyl (C=O) groups is 1. The van der Waals surface area contributed by atoms with Crippen LogP contribution in [0.2, 0.25) is 0 Å². The second-order valence-electron chi connectivity index (χ2n) is 15.5. The first-order chi connectivity index (χ1) is 24.7. The van der Waals surface area contributed by atoms with Crippen molar-refractivity contribution in [1.82, 2.24) is 5.32 Å². The Balaban J connectivity index is 3.37. The number of nitrogens with one attached hydrogen (secondary N) is 1. The zero-order valence-electron chi connectivity index (χ0n) is 33.9. The topological polar surface area (TPSA) is 69.6 Å². The van der Waals surface area contributed by atoms with E-state index in [1.807, 2.05) is 6.08 Å². The van der Waals surface area contributed by atoms with Gasteiger partial charge in [0.25, 0.3) is 0 Å². The van der Waals surface area contributed by atoms with Crippen LogP contribution in [0.4, 0.5) is 0 Å². The average molecular weight is 704 g/mol.